The highest BCUT2D eigenvalue weighted by molar-refractivity contribution is 5.53. The summed E-state index contributed by atoms with van der Waals surface area (Å²) in [5.41, 5.74) is 4.44. The van der Waals surface area contributed by atoms with E-state index in [1.54, 1.807) is 6.20 Å². The minimum Gasteiger partial charge on any atom is -0.308 e. The molecular weight excluding hydrogens is 228 g/mol. The Morgan fingerprint density at radius 1 is 1.39 bits per heavy atom. The number of hydrazine groups is 1. The number of aromatic nitrogens is 4. The van der Waals surface area contributed by atoms with Crippen LogP contribution in [-0.2, 0) is 6.54 Å². The normalized spacial score (nSPS) is 10.9. The Morgan fingerprint density at radius 2 is 2.17 bits per heavy atom. The summed E-state index contributed by atoms with van der Waals surface area (Å²) in [4.78, 5) is 8.94. The van der Waals surface area contributed by atoms with Crippen molar-refractivity contribution < 1.29 is 0 Å². The van der Waals surface area contributed by atoms with Crippen LogP contribution in [0.2, 0.25) is 0 Å². The lowest BCUT2D eigenvalue weighted by atomic mass is 10.1. The smallest absolute Gasteiger partial charge is 0.180 e. The maximum atomic E-state index is 5.45. The second kappa shape index (κ2) is 5.14. The van der Waals surface area contributed by atoms with E-state index in [1.807, 2.05) is 23.7 Å². The summed E-state index contributed by atoms with van der Waals surface area (Å²) in [7, 11) is 0. The van der Waals surface area contributed by atoms with E-state index in [0.29, 0.717) is 17.6 Å². The van der Waals surface area contributed by atoms with Gasteiger partial charge in [-0.15, -0.1) is 0 Å². The van der Waals surface area contributed by atoms with Crippen LogP contribution in [0.3, 0.4) is 0 Å². The van der Waals surface area contributed by atoms with Gasteiger partial charge in [0.2, 0.25) is 0 Å². The summed E-state index contributed by atoms with van der Waals surface area (Å²) in [6, 6.07) is 3.77. The molecule has 0 atom stereocenters. The molecule has 2 heterocycles. The van der Waals surface area contributed by atoms with E-state index in [-0.39, 0.29) is 0 Å². The highest BCUT2D eigenvalue weighted by Gasteiger charge is 2.12. The predicted molar refractivity (Wildman–Crippen MR) is 70.8 cm³/mol. The lowest BCUT2D eigenvalue weighted by Crippen LogP contribution is -2.12. The number of hydrogen-bond donors (Lipinski definition) is 2. The third kappa shape index (κ3) is 2.33. The van der Waals surface area contributed by atoms with Crippen molar-refractivity contribution in [3.05, 3.63) is 24.0 Å². The molecule has 0 aliphatic rings. The molecule has 2 aromatic rings. The number of hydrogen-bond acceptors (Lipinski definition) is 5. The van der Waals surface area contributed by atoms with Crippen molar-refractivity contribution in [2.75, 3.05) is 5.43 Å². The molecular formula is C12H18N6. The van der Waals surface area contributed by atoms with Crippen LogP contribution in [0.15, 0.2) is 18.3 Å². The molecule has 0 fully saturated rings. The van der Waals surface area contributed by atoms with Crippen LogP contribution in [-0.4, -0.2) is 19.7 Å². The minimum atomic E-state index is 0.317. The minimum absolute atomic E-state index is 0.317. The second-order valence-electron chi connectivity index (χ2n) is 4.33. The van der Waals surface area contributed by atoms with Crippen LogP contribution in [0.5, 0.6) is 0 Å². The summed E-state index contributed by atoms with van der Waals surface area (Å²) in [6.45, 7) is 6.99. The van der Waals surface area contributed by atoms with E-state index in [9.17, 15) is 0 Å². The van der Waals surface area contributed by atoms with E-state index in [4.69, 9.17) is 5.84 Å². The largest absolute Gasteiger partial charge is 0.308 e. The maximum absolute atomic E-state index is 5.45. The molecule has 0 aromatic carbocycles. The Kier molecular flexibility index (Phi) is 3.57. The molecule has 0 saturated heterocycles. The number of rotatable bonds is 4. The second-order valence-corrected chi connectivity index (χ2v) is 4.33. The number of nitrogens with zero attached hydrogens (tertiary/aromatic N) is 4. The van der Waals surface area contributed by atoms with Gasteiger partial charge in [0, 0.05) is 24.5 Å². The van der Waals surface area contributed by atoms with E-state index < -0.39 is 0 Å². The van der Waals surface area contributed by atoms with Crippen molar-refractivity contribution in [2.24, 2.45) is 5.84 Å². The Morgan fingerprint density at radius 3 is 2.78 bits per heavy atom. The molecule has 18 heavy (non-hydrogen) atoms. The Labute approximate surface area is 106 Å². The quantitative estimate of drug-likeness (QED) is 0.634. The monoisotopic (exact) mass is 246 g/mol. The summed E-state index contributed by atoms with van der Waals surface area (Å²) in [6.07, 6.45) is 1.75. The number of nitrogens with one attached hydrogen (secondary N) is 1. The molecule has 2 rings (SSSR count). The van der Waals surface area contributed by atoms with Crippen molar-refractivity contribution in [1.29, 1.82) is 0 Å². The van der Waals surface area contributed by atoms with E-state index in [0.717, 1.165) is 17.9 Å². The molecule has 96 valence electrons. The predicted octanol–water partition coefficient (Wildman–Crippen LogP) is 1.77. The van der Waals surface area contributed by atoms with Gasteiger partial charge in [0.05, 0.1) is 0 Å². The SMILES string of the molecule is CCn1nccc1-c1nc(NN)cc(C(C)C)n1. The standard InChI is InChI=1S/C12H18N6/c1-4-18-10(5-6-14-18)12-15-9(8(2)3)7-11(16-12)17-13/h5-8H,4,13H2,1-3H3,(H,15,16,17). The zero-order valence-electron chi connectivity index (χ0n) is 10.9. The van der Waals surface area contributed by atoms with Gasteiger partial charge in [0.1, 0.15) is 11.5 Å². The van der Waals surface area contributed by atoms with E-state index in [1.165, 1.54) is 0 Å². The third-order valence-corrected chi connectivity index (χ3v) is 2.73. The maximum Gasteiger partial charge on any atom is 0.180 e. The van der Waals surface area contributed by atoms with E-state index in [2.05, 4.69) is 34.3 Å². The highest BCUT2D eigenvalue weighted by Crippen LogP contribution is 2.21. The fourth-order valence-corrected chi connectivity index (χ4v) is 1.72. The molecule has 0 bridgehead atoms. The first kappa shape index (κ1) is 12.5. The lowest BCUT2D eigenvalue weighted by molar-refractivity contribution is 0.662. The van der Waals surface area contributed by atoms with Crippen molar-refractivity contribution >= 4 is 5.82 Å². The Hall–Kier alpha value is -1.95. The Bertz CT molecular complexity index is 531. The average molecular weight is 246 g/mol. The zero-order chi connectivity index (χ0) is 13.1. The molecule has 6 heteroatoms. The first-order valence-electron chi connectivity index (χ1n) is 6.03. The van der Waals surface area contributed by atoms with E-state index >= 15 is 0 Å². The summed E-state index contributed by atoms with van der Waals surface area (Å²) < 4.78 is 1.86. The Balaban J connectivity index is 2.53. The highest BCUT2D eigenvalue weighted by atomic mass is 15.3. The van der Waals surface area contributed by atoms with Gasteiger partial charge in [-0.2, -0.15) is 5.10 Å². The van der Waals surface area contributed by atoms with Crippen LogP contribution in [0.1, 0.15) is 32.4 Å². The number of nitrogens with two attached hydrogens (primary N) is 1. The lowest BCUT2D eigenvalue weighted by Gasteiger charge is -2.10. The fourth-order valence-electron chi connectivity index (χ4n) is 1.72. The number of nitrogen functional groups attached to an aromatic ring is 1. The molecule has 0 saturated carbocycles. The van der Waals surface area contributed by atoms with Gasteiger partial charge in [-0.1, -0.05) is 13.8 Å². The average Bonchev–Trinajstić information content (AvgIpc) is 2.86. The van der Waals surface area contributed by atoms with Gasteiger partial charge in [0.25, 0.3) is 0 Å². The van der Waals surface area contributed by atoms with Crippen LogP contribution in [0.4, 0.5) is 5.82 Å². The molecule has 0 amide bonds. The van der Waals surface area contributed by atoms with Crippen LogP contribution in [0.25, 0.3) is 11.5 Å². The van der Waals surface area contributed by atoms with Gasteiger partial charge >= 0.3 is 0 Å². The molecule has 0 aliphatic carbocycles. The zero-order valence-corrected chi connectivity index (χ0v) is 10.9. The first-order valence-corrected chi connectivity index (χ1v) is 6.03. The van der Waals surface area contributed by atoms with Crippen LogP contribution >= 0.6 is 0 Å². The molecule has 2 aromatic heterocycles. The summed E-state index contributed by atoms with van der Waals surface area (Å²) in [5.74, 6) is 7.03. The van der Waals surface area contributed by atoms with Gasteiger partial charge in [-0.05, 0) is 18.9 Å². The van der Waals surface area contributed by atoms with Crippen LogP contribution in [0, 0.1) is 0 Å². The topological polar surface area (TPSA) is 81.7 Å². The summed E-state index contributed by atoms with van der Waals surface area (Å²) >= 11 is 0. The van der Waals surface area contributed by atoms with Gasteiger partial charge in [-0.25, -0.2) is 15.8 Å². The van der Waals surface area contributed by atoms with Crippen molar-refractivity contribution in [1.82, 2.24) is 19.7 Å². The number of anilines is 1. The molecule has 0 unspecified atom stereocenters. The third-order valence-electron chi connectivity index (χ3n) is 2.73. The van der Waals surface area contributed by atoms with Gasteiger partial charge in [-0.3, -0.25) is 4.68 Å². The van der Waals surface area contributed by atoms with Crippen molar-refractivity contribution in [3.8, 4) is 11.5 Å². The number of aryl methyl sites for hydroxylation is 1. The van der Waals surface area contributed by atoms with Gasteiger partial charge < -0.3 is 5.43 Å². The molecule has 3 N–H and O–H groups in total. The molecule has 0 radical (unpaired) electrons. The molecule has 0 aliphatic heterocycles. The first-order chi connectivity index (χ1) is 8.65. The molecule has 6 nitrogen and oxygen atoms in total. The summed E-state index contributed by atoms with van der Waals surface area (Å²) in [5, 5.41) is 4.23. The van der Waals surface area contributed by atoms with Gasteiger partial charge in [0.15, 0.2) is 5.82 Å². The van der Waals surface area contributed by atoms with Crippen LogP contribution < -0.4 is 11.3 Å². The van der Waals surface area contributed by atoms with Crippen molar-refractivity contribution in [3.63, 3.8) is 0 Å². The fraction of sp³-hybridized carbons (Fsp3) is 0.417. The van der Waals surface area contributed by atoms with Crippen molar-refractivity contribution in [2.45, 2.75) is 33.2 Å². The molecule has 0 spiro atoms.